The van der Waals surface area contributed by atoms with Gasteiger partial charge in [0.2, 0.25) is 0 Å². The molecule has 0 aliphatic carbocycles. The molecule has 0 amide bonds. The van der Waals surface area contributed by atoms with Gasteiger partial charge >= 0.3 is 0 Å². The van der Waals surface area contributed by atoms with Gasteiger partial charge in [0.05, 0.1) is 5.71 Å². The molecular weight excluding hydrogens is 152 g/mol. The van der Waals surface area contributed by atoms with Crippen LogP contribution in [0.4, 0.5) is 0 Å². The lowest BCUT2D eigenvalue weighted by Crippen LogP contribution is -2.01. The van der Waals surface area contributed by atoms with E-state index in [2.05, 4.69) is 4.98 Å². The van der Waals surface area contributed by atoms with Gasteiger partial charge in [0, 0.05) is 6.20 Å². The first-order chi connectivity index (χ1) is 5.66. The number of hydrogen-bond acceptors (Lipinski definition) is 3. The lowest BCUT2D eigenvalue weighted by Gasteiger charge is -2.04. The summed E-state index contributed by atoms with van der Waals surface area (Å²) in [6.07, 6.45) is 2.19. The second-order valence-corrected chi connectivity index (χ2v) is 2.66. The highest BCUT2D eigenvalue weighted by molar-refractivity contribution is 5.98. The van der Waals surface area contributed by atoms with Gasteiger partial charge in [-0.25, -0.2) is 0 Å². The van der Waals surface area contributed by atoms with E-state index >= 15 is 0 Å². The number of rotatable bonds is 2. The molecule has 12 heavy (non-hydrogen) atoms. The van der Waals surface area contributed by atoms with Gasteiger partial charge in [-0.15, -0.1) is 0 Å². The average Bonchev–Trinajstić information content (AvgIpc) is 2.08. The van der Waals surface area contributed by atoms with Gasteiger partial charge in [0.15, 0.2) is 0 Å². The SMILES string of the molecule is CCC(=N)c1nccc(C)c1O. The van der Waals surface area contributed by atoms with Crippen LogP contribution in [0.3, 0.4) is 0 Å². The molecule has 0 aliphatic rings. The van der Waals surface area contributed by atoms with Crippen LogP contribution >= 0.6 is 0 Å². The van der Waals surface area contributed by atoms with Gasteiger partial charge in [-0.05, 0) is 25.0 Å². The Hall–Kier alpha value is -1.38. The van der Waals surface area contributed by atoms with Crippen molar-refractivity contribution in [3.8, 4) is 5.75 Å². The lowest BCUT2D eigenvalue weighted by molar-refractivity contribution is 0.467. The average molecular weight is 164 g/mol. The number of pyridine rings is 1. The summed E-state index contributed by atoms with van der Waals surface area (Å²) in [5.74, 6) is 0.129. The molecule has 0 spiro atoms. The lowest BCUT2D eigenvalue weighted by atomic mass is 10.1. The first-order valence-corrected chi connectivity index (χ1v) is 3.89. The molecule has 0 saturated heterocycles. The van der Waals surface area contributed by atoms with Crippen LogP contribution < -0.4 is 0 Å². The van der Waals surface area contributed by atoms with Crippen LogP contribution in [0.2, 0.25) is 0 Å². The fourth-order valence-corrected chi connectivity index (χ4v) is 0.939. The molecule has 1 rings (SSSR count). The van der Waals surface area contributed by atoms with Gasteiger partial charge in [-0.2, -0.15) is 0 Å². The van der Waals surface area contributed by atoms with Crippen LogP contribution in [-0.4, -0.2) is 15.8 Å². The van der Waals surface area contributed by atoms with Crippen LogP contribution in [0.25, 0.3) is 0 Å². The highest BCUT2D eigenvalue weighted by Crippen LogP contribution is 2.19. The van der Waals surface area contributed by atoms with Crippen LogP contribution in [0.5, 0.6) is 5.75 Å². The molecule has 1 heterocycles. The molecule has 64 valence electrons. The van der Waals surface area contributed by atoms with Crippen LogP contribution in [-0.2, 0) is 0 Å². The molecule has 0 aliphatic heterocycles. The predicted molar refractivity (Wildman–Crippen MR) is 47.8 cm³/mol. The zero-order valence-corrected chi connectivity index (χ0v) is 7.26. The summed E-state index contributed by atoms with van der Waals surface area (Å²) in [7, 11) is 0. The molecule has 0 saturated carbocycles. The van der Waals surface area contributed by atoms with Crippen molar-refractivity contribution in [2.75, 3.05) is 0 Å². The van der Waals surface area contributed by atoms with Crippen molar-refractivity contribution in [3.05, 3.63) is 23.5 Å². The molecule has 0 radical (unpaired) electrons. The van der Waals surface area contributed by atoms with E-state index in [1.165, 1.54) is 0 Å². The molecule has 0 atom stereocenters. The van der Waals surface area contributed by atoms with E-state index in [9.17, 15) is 5.11 Å². The fraction of sp³-hybridized carbons (Fsp3) is 0.333. The van der Waals surface area contributed by atoms with E-state index in [0.29, 0.717) is 17.8 Å². The molecule has 3 heteroatoms. The van der Waals surface area contributed by atoms with Crippen LogP contribution in [0.1, 0.15) is 24.6 Å². The monoisotopic (exact) mass is 164 g/mol. The molecule has 0 unspecified atom stereocenters. The molecule has 0 aromatic carbocycles. The minimum atomic E-state index is 0.129. The van der Waals surface area contributed by atoms with Gasteiger partial charge in [-0.1, -0.05) is 6.92 Å². The number of hydrogen-bond donors (Lipinski definition) is 2. The Labute approximate surface area is 71.6 Å². The molecule has 1 aromatic heterocycles. The summed E-state index contributed by atoms with van der Waals surface area (Å²) >= 11 is 0. The minimum absolute atomic E-state index is 0.129. The zero-order chi connectivity index (χ0) is 9.14. The van der Waals surface area contributed by atoms with E-state index in [1.54, 1.807) is 19.2 Å². The van der Waals surface area contributed by atoms with E-state index in [-0.39, 0.29) is 5.75 Å². The number of aromatic hydroxyl groups is 1. The molecule has 0 fully saturated rings. The smallest absolute Gasteiger partial charge is 0.145 e. The predicted octanol–water partition coefficient (Wildman–Crippen LogP) is 1.87. The third-order valence-electron chi connectivity index (χ3n) is 1.77. The second kappa shape index (κ2) is 3.34. The summed E-state index contributed by atoms with van der Waals surface area (Å²) in [5.41, 5.74) is 1.53. The fourth-order valence-electron chi connectivity index (χ4n) is 0.939. The minimum Gasteiger partial charge on any atom is -0.505 e. The van der Waals surface area contributed by atoms with E-state index in [4.69, 9.17) is 5.41 Å². The first-order valence-electron chi connectivity index (χ1n) is 3.89. The van der Waals surface area contributed by atoms with Crippen molar-refractivity contribution in [2.24, 2.45) is 0 Å². The second-order valence-electron chi connectivity index (χ2n) is 2.66. The van der Waals surface area contributed by atoms with Crippen molar-refractivity contribution in [2.45, 2.75) is 20.3 Å². The topological polar surface area (TPSA) is 57.0 Å². The van der Waals surface area contributed by atoms with Gasteiger partial charge < -0.3 is 10.5 Å². The summed E-state index contributed by atoms with van der Waals surface area (Å²) in [4.78, 5) is 3.94. The molecule has 2 N–H and O–H groups in total. The number of aromatic nitrogens is 1. The van der Waals surface area contributed by atoms with Gasteiger partial charge in [0.25, 0.3) is 0 Å². The summed E-state index contributed by atoms with van der Waals surface area (Å²) < 4.78 is 0. The molecule has 3 nitrogen and oxygen atoms in total. The Bertz CT molecular complexity index is 307. The number of aryl methyl sites for hydroxylation is 1. The van der Waals surface area contributed by atoms with Crippen LogP contribution in [0, 0.1) is 12.3 Å². The third-order valence-corrected chi connectivity index (χ3v) is 1.77. The van der Waals surface area contributed by atoms with Crippen LogP contribution in [0.15, 0.2) is 12.3 Å². The zero-order valence-electron chi connectivity index (χ0n) is 7.26. The maximum Gasteiger partial charge on any atom is 0.145 e. The maximum absolute atomic E-state index is 9.50. The van der Waals surface area contributed by atoms with Crippen molar-refractivity contribution in [1.82, 2.24) is 4.98 Å². The van der Waals surface area contributed by atoms with E-state index in [0.717, 1.165) is 5.56 Å². The Balaban J connectivity index is 3.16. The maximum atomic E-state index is 9.50. The van der Waals surface area contributed by atoms with Crippen molar-refractivity contribution in [1.29, 1.82) is 5.41 Å². The summed E-state index contributed by atoms with van der Waals surface area (Å²) in [5, 5.41) is 17.0. The quantitative estimate of drug-likeness (QED) is 0.655. The van der Waals surface area contributed by atoms with Gasteiger partial charge in [-0.3, -0.25) is 4.98 Å². The summed E-state index contributed by atoms with van der Waals surface area (Å²) in [6, 6.07) is 1.72. The Morgan fingerprint density at radius 2 is 2.33 bits per heavy atom. The van der Waals surface area contributed by atoms with Crippen molar-refractivity contribution in [3.63, 3.8) is 0 Å². The van der Waals surface area contributed by atoms with Gasteiger partial charge in [0.1, 0.15) is 11.4 Å². The highest BCUT2D eigenvalue weighted by atomic mass is 16.3. The Kier molecular flexibility index (Phi) is 2.43. The molecular formula is C9H12N2O. The normalized spacial score (nSPS) is 9.83. The molecule has 1 aromatic rings. The Morgan fingerprint density at radius 1 is 1.67 bits per heavy atom. The van der Waals surface area contributed by atoms with E-state index < -0.39 is 0 Å². The standard InChI is InChI=1S/C9H12N2O/c1-3-7(10)8-9(12)6(2)4-5-11-8/h4-5,10,12H,3H2,1-2H3. The highest BCUT2D eigenvalue weighted by Gasteiger charge is 2.08. The van der Waals surface area contributed by atoms with Crippen molar-refractivity contribution < 1.29 is 5.11 Å². The van der Waals surface area contributed by atoms with E-state index in [1.807, 2.05) is 6.92 Å². The number of nitrogens with one attached hydrogen (secondary N) is 1. The largest absolute Gasteiger partial charge is 0.505 e. The number of nitrogens with zero attached hydrogens (tertiary/aromatic N) is 1. The van der Waals surface area contributed by atoms with Crippen molar-refractivity contribution >= 4 is 5.71 Å². The first kappa shape index (κ1) is 8.71. The Morgan fingerprint density at radius 3 is 2.92 bits per heavy atom. The summed E-state index contributed by atoms with van der Waals surface area (Å²) in [6.45, 7) is 3.66. The molecule has 0 bridgehead atoms. The third kappa shape index (κ3) is 1.44.